The maximum absolute atomic E-state index is 12.2. The molecule has 0 aromatic carbocycles. The number of sulfonamides is 1. The van der Waals surface area contributed by atoms with Crippen molar-refractivity contribution in [1.82, 2.24) is 14.9 Å². The van der Waals surface area contributed by atoms with E-state index in [0.717, 1.165) is 6.42 Å². The lowest BCUT2D eigenvalue weighted by Gasteiger charge is -2.21. The summed E-state index contributed by atoms with van der Waals surface area (Å²) >= 11 is 0. The highest BCUT2D eigenvalue weighted by molar-refractivity contribution is 7.89. The zero-order valence-electron chi connectivity index (χ0n) is 14.0. The quantitative estimate of drug-likeness (QED) is 0.520. The second-order valence-corrected chi connectivity index (χ2v) is 8.27. The first kappa shape index (κ1) is 19.9. The molecule has 4 N–H and O–H groups in total. The van der Waals surface area contributed by atoms with Crippen molar-refractivity contribution in [2.75, 3.05) is 25.4 Å². The molecule has 1 saturated heterocycles. The summed E-state index contributed by atoms with van der Waals surface area (Å²) in [6, 6.07) is 0.0317. The molecule has 1 rings (SSSR count). The fourth-order valence-corrected chi connectivity index (χ4v) is 3.59. The van der Waals surface area contributed by atoms with Gasteiger partial charge in [0.15, 0.2) is 0 Å². The van der Waals surface area contributed by atoms with E-state index in [4.69, 9.17) is 5.73 Å². The molecule has 8 nitrogen and oxygen atoms in total. The van der Waals surface area contributed by atoms with Crippen molar-refractivity contribution in [1.29, 1.82) is 0 Å². The van der Waals surface area contributed by atoms with Crippen LogP contribution in [0.4, 0.5) is 0 Å². The lowest BCUT2D eigenvalue weighted by molar-refractivity contribution is -0.131. The van der Waals surface area contributed by atoms with Gasteiger partial charge in [-0.15, -0.1) is 0 Å². The van der Waals surface area contributed by atoms with Gasteiger partial charge in [-0.3, -0.25) is 9.59 Å². The first-order valence-electron chi connectivity index (χ1n) is 7.91. The Morgan fingerprint density at radius 1 is 1.35 bits per heavy atom. The van der Waals surface area contributed by atoms with Crippen LogP contribution in [0.5, 0.6) is 0 Å². The first-order chi connectivity index (χ1) is 10.6. The van der Waals surface area contributed by atoms with Gasteiger partial charge in [0.25, 0.3) is 0 Å². The summed E-state index contributed by atoms with van der Waals surface area (Å²) in [6.45, 7) is 6.31. The number of nitrogens with two attached hydrogens (primary N) is 1. The third-order valence-electron chi connectivity index (χ3n) is 3.80. The van der Waals surface area contributed by atoms with Gasteiger partial charge in [0.1, 0.15) is 0 Å². The van der Waals surface area contributed by atoms with Crippen molar-refractivity contribution in [2.24, 2.45) is 11.7 Å². The average molecular weight is 348 g/mol. The van der Waals surface area contributed by atoms with E-state index in [1.54, 1.807) is 18.7 Å². The molecular formula is C14H28N4O4S. The Bertz CT molecular complexity index is 521. The van der Waals surface area contributed by atoms with Gasteiger partial charge < -0.3 is 16.0 Å². The maximum Gasteiger partial charge on any atom is 0.235 e. The highest BCUT2D eigenvalue weighted by atomic mass is 32.2. The Morgan fingerprint density at radius 2 is 2.00 bits per heavy atom. The number of likely N-dealkylation sites (tertiary alicyclic amines) is 1. The third kappa shape index (κ3) is 6.84. The van der Waals surface area contributed by atoms with Crippen LogP contribution in [0.25, 0.3) is 0 Å². The minimum absolute atomic E-state index is 0.0549. The highest BCUT2D eigenvalue weighted by Gasteiger charge is 2.31. The fourth-order valence-electron chi connectivity index (χ4n) is 2.65. The molecule has 0 spiro atoms. The third-order valence-corrected chi connectivity index (χ3v) is 5.13. The Hall–Kier alpha value is -1.19. The molecular weight excluding hydrogens is 320 g/mol. The smallest absolute Gasteiger partial charge is 0.235 e. The summed E-state index contributed by atoms with van der Waals surface area (Å²) < 4.78 is 25.9. The van der Waals surface area contributed by atoms with Gasteiger partial charge in [0.2, 0.25) is 21.8 Å². The van der Waals surface area contributed by atoms with Crippen LogP contribution in [-0.2, 0) is 19.6 Å². The Balaban J connectivity index is 2.41. The van der Waals surface area contributed by atoms with E-state index in [-0.39, 0.29) is 42.6 Å². The number of amides is 2. The molecule has 0 radical (unpaired) electrons. The normalized spacial score (nSPS) is 21.7. The molecule has 23 heavy (non-hydrogen) atoms. The number of hydrogen-bond acceptors (Lipinski definition) is 5. The van der Waals surface area contributed by atoms with E-state index < -0.39 is 15.9 Å². The molecule has 0 saturated carbocycles. The van der Waals surface area contributed by atoms with E-state index in [1.807, 2.05) is 6.92 Å². The molecule has 0 aromatic heterocycles. The number of nitrogens with one attached hydrogen (secondary N) is 2. The predicted molar refractivity (Wildman–Crippen MR) is 88.0 cm³/mol. The lowest BCUT2D eigenvalue weighted by Crippen LogP contribution is -2.41. The monoisotopic (exact) mass is 348 g/mol. The van der Waals surface area contributed by atoms with Crippen molar-refractivity contribution in [3.05, 3.63) is 0 Å². The number of hydrogen-bond donors (Lipinski definition) is 3. The molecule has 134 valence electrons. The number of rotatable bonds is 8. The highest BCUT2D eigenvalue weighted by Crippen LogP contribution is 2.22. The summed E-state index contributed by atoms with van der Waals surface area (Å²) in [6.07, 6.45) is 0.755. The van der Waals surface area contributed by atoms with Crippen LogP contribution in [0.2, 0.25) is 0 Å². The van der Waals surface area contributed by atoms with Crippen LogP contribution < -0.4 is 15.8 Å². The molecule has 1 aliphatic rings. The fraction of sp³-hybridized carbons (Fsp3) is 0.857. The first-order valence-corrected chi connectivity index (χ1v) is 9.56. The average Bonchev–Trinajstić information content (AvgIpc) is 2.83. The molecule has 0 aromatic rings. The van der Waals surface area contributed by atoms with Crippen LogP contribution in [0.15, 0.2) is 0 Å². The van der Waals surface area contributed by atoms with Crippen LogP contribution in [0.1, 0.15) is 33.6 Å². The summed E-state index contributed by atoms with van der Waals surface area (Å²) in [5.74, 6) is -0.625. The summed E-state index contributed by atoms with van der Waals surface area (Å²) in [7, 11) is -3.66. The zero-order valence-corrected chi connectivity index (χ0v) is 14.9. The number of nitrogens with zero attached hydrogens (tertiary/aromatic N) is 1. The van der Waals surface area contributed by atoms with Gasteiger partial charge in [0, 0.05) is 25.0 Å². The second kappa shape index (κ2) is 8.60. The molecule has 0 aliphatic carbocycles. The van der Waals surface area contributed by atoms with Crippen LogP contribution in [0.3, 0.4) is 0 Å². The number of carbonyl (C=O) groups is 2. The molecule has 1 heterocycles. The van der Waals surface area contributed by atoms with Crippen molar-refractivity contribution >= 4 is 21.8 Å². The van der Waals surface area contributed by atoms with Crippen molar-refractivity contribution < 1.29 is 18.0 Å². The Morgan fingerprint density at radius 3 is 2.52 bits per heavy atom. The largest absolute Gasteiger partial charge is 0.353 e. The van der Waals surface area contributed by atoms with Crippen molar-refractivity contribution in [3.8, 4) is 0 Å². The molecule has 0 bridgehead atoms. The van der Waals surface area contributed by atoms with E-state index in [9.17, 15) is 18.0 Å². The topological polar surface area (TPSA) is 122 Å². The summed E-state index contributed by atoms with van der Waals surface area (Å²) in [4.78, 5) is 25.3. The molecule has 2 atom stereocenters. The lowest BCUT2D eigenvalue weighted by atomic mass is 10.1. The van der Waals surface area contributed by atoms with Gasteiger partial charge in [-0.1, -0.05) is 0 Å². The van der Waals surface area contributed by atoms with Gasteiger partial charge in [0.05, 0.1) is 12.3 Å². The SMILES string of the molecule is CC(C)NC(=O)CNS(=O)(=O)CCC(=O)N1CC(CN)CC1C. The van der Waals surface area contributed by atoms with Crippen LogP contribution >= 0.6 is 0 Å². The van der Waals surface area contributed by atoms with E-state index in [1.165, 1.54) is 0 Å². The van der Waals surface area contributed by atoms with E-state index in [0.29, 0.717) is 13.1 Å². The van der Waals surface area contributed by atoms with E-state index >= 15 is 0 Å². The van der Waals surface area contributed by atoms with Gasteiger partial charge in [-0.2, -0.15) is 0 Å². The summed E-state index contributed by atoms with van der Waals surface area (Å²) in [5.41, 5.74) is 5.62. The van der Waals surface area contributed by atoms with Gasteiger partial charge in [-0.05, 0) is 39.7 Å². The van der Waals surface area contributed by atoms with Crippen molar-refractivity contribution in [3.63, 3.8) is 0 Å². The Labute approximate surface area is 138 Å². The molecule has 1 aliphatic heterocycles. The number of carbonyl (C=O) groups excluding carboxylic acids is 2. The molecule has 2 amide bonds. The standard InChI is InChI=1S/C14H28N4O4S/c1-10(2)17-13(19)8-16-23(21,22)5-4-14(20)18-9-12(7-15)6-11(18)3/h10-12,16H,4-9,15H2,1-3H3,(H,17,19). The Kier molecular flexibility index (Phi) is 7.43. The van der Waals surface area contributed by atoms with Gasteiger partial charge >= 0.3 is 0 Å². The second-order valence-electron chi connectivity index (χ2n) is 6.34. The van der Waals surface area contributed by atoms with E-state index in [2.05, 4.69) is 10.0 Å². The zero-order chi connectivity index (χ0) is 17.6. The maximum atomic E-state index is 12.2. The van der Waals surface area contributed by atoms with Gasteiger partial charge in [-0.25, -0.2) is 13.1 Å². The molecule has 9 heteroatoms. The van der Waals surface area contributed by atoms with Crippen molar-refractivity contribution in [2.45, 2.75) is 45.7 Å². The predicted octanol–water partition coefficient (Wildman–Crippen LogP) is -0.984. The summed E-state index contributed by atoms with van der Waals surface area (Å²) in [5, 5.41) is 2.59. The minimum atomic E-state index is -3.66. The molecule has 2 unspecified atom stereocenters. The van der Waals surface area contributed by atoms with Crippen LogP contribution in [0, 0.1) is 5.92 Å². The minimum Gasteiger partial charge on any atom is -0.353 e. The van der Waals surface area contributed by atoms with Crippen LogP contribution in [-0.4, -0.2) is 62.6 Å². The molecule has 1 fully saturated rings.